The molecule has 0 aromatic carbocycles. The topological polar surface area (TPSA) is 101 Å². The van der Waals surface area contributed by atoms with E-state index >= 15 is 0 Å². The number of carbonyl (C=O) groups excluding carboxylic acids is 4. The second kappa shape index (κ2) is 9.87. The quantitative estimate of drug-likeness (QED) is 0.409. The molecule has 4 aliphatic carbocycles. The zero-order valence-electron chi connectivity index (χ0n) is 19.8. The van der Waals surface area contributed by atoms with Crippen LogP contribution in [0.15, 0.2) is 0 Å². The maximum Gasteiger partial charge on any atom is 1.00 e. The number of ketones is 2. The summed E-state index contributed by atoms with van der Waals surface area (Å²) in [6, 6.07) is 0. The summed E-state index contributed by atoms with van der Waals surface area (Å²) >= 11 is 0. The first-order valence-electron chi connectivity index (χ1n) is 12.0. The Morgan fingerprint density at radius 3 is 2.41 bits per heavy atom. The summed E-state index contributed by atoms with van der Waals surface area (Å²) in [6.07, 6.45) is 8.18. The molecule has 0 amide bonds. The number of rotatable bonds is 6. The summed E-state index contributed by atoms with van der Waals surface area (Å²) < 4.78 is 5.08. The normalized spacial score (nSPS) is 40.3. The molecule has 4 rings (SSSR count). The van der Waals surface area contributed by atoms with Crippen molar-refractivity contribution in [2.45, 2.75) is 84.5 Å². The van der Waals surface area contributed by atoms with Crippen molar-refractivity contribution in [3.05, 3.63) is 0 Å². The minimum atomic E-state index is -1.29. The van der Waals surface area contributed by atoms with Gasteiger partial charge in [-0.05, 0) is 85.9 Å². The van der Waals surface area contributed by atoms with Crippen molar-refractivity contribution in [1.29, 1.82) is 0 Å². The van der Waals surface area contributed by atoms with Crippen molar-refractivity contribution in [1.82, 2.24) is 0 Å². The number of fused-ring (bicyclic) bond motifs is 5. The molecular formula is C25H35NaO6. The zero-order valence-corrected chi connectivity index (χ0v) is 21.8. The number of aliphatic carboxylic acids is 1. The molecule has 32 heavy (non-hydrogen) atoms. The van der Waals surface area contributed by atoms with Gasteiger partial charge in [0, 0.05) is 24.7 Å². The molecule has 7 heteroatoms. The second-order valence-corrected chi connectivity index (χ2v) is 11.1. The van der Waals surface area contributed by atoms with Crippen molar-refractivity contribution in [2.75, 3.05) is 6.61 Å². The Hall–Kier alpha value is -0.720. The number of carboxylic acids is 1. The van der Waals surface area contributed by atoms with E-state index in [1.54, 1.807) is 0 Å². The third-order valence-corrected chi connectivity index (χ3v) is 9.78. The predicted molar refractivity (Wildman–Crippen MR) is 110 cm³/mol. The number of ether oxygens (including phenoxy) is 1. The summed E-state index contributed by atoms with van der Waals surface area (Å²) in [5.41, 5.74) is 0.206. The van der Waals surface area contributed by atoms with Crippen LogP contribution in [0.3, 0.4) is 0 Å². The smallest absolute Gasteiger partial charge is 0.550 e. The van der Waals surface area contributed by atoms with E-state index in [0.29, 0.717) is 29.5 Å². The first kappa shape index (κ1) is 25.9. The number of esters is 1. The number of carboxylic acid groups (broad SMARTS) is 1. The molecule has 0 aliphatic heterocycles. The van der Waals surface area contributed by atoms with Crippen molar-refractivity contribution < 1.29 is 58.6 Å². The summed E-state index contributed by atoms with van der Waals surface area (Å²) in [4.78, 5) is 47.3. The number of hydrogen-bond acceptors (Lipinski definition) is 6. The van der Waals surface area contributed by atoms with Gasteiger partial charge in [0.05, 0.1) is 6.42 Å². The van der Waals surface area contributed by atoms with Crippen LogP contribution in [-0.2, 0) is 23.9 Å². The Kier molecular flexibility index (Phi) is 7.99. The molecule has 0 bridgehead atoms. The van der Waals surface area contributed by atoms with Gasteiger partial charge in [-0.15, -0.1) is 0 Å². The molecule has 6 nitrogen and oxygen atoms in total. The van der Waals surface area contributed by atoms with E-state index in [-0.39, 0.29) is 71.5 Å². The molecule has 172 valence electrons. The summed E-state index contributed by atoms with van der Waals surface area (Å²) in [6.45, 7) is 4.43. The van der Waals surface area contributed by atoms with E-state index in [1.807, 2.05) is 0 Å². The second-order valence-electron chi connectivity index (χ2n) is 11.1. The SMILES string of the molecule is C[C@]12CCC3[C@@H](CC[C@H]4CC(=O)CC[C@]34C)C1CC[C@@H]2C(=O)COC(=O)CCC(=O)[O-].[Na+]. The molecule has 0 radical (unpaired) electrons. The van der Waals surface area contributed by atoms with E-state index in [0.717, 1.165) is 57.8 Å². The number of hydrogen-bond donors (Lipinski definition) is 0. The molecule has 0 spiro atoms. The Labute approximate surface area is 212 Å². The van der Waals surface area contributed by atoms with Gasteiger partial charge in [0.15, 0.2) is 5.78 Å². The Bertz CT molecular complexity index is 780. The molecule has 0 heterocycles. The van der Waals surface area contributed by atoms with Crippen LogP contribution in [0.5, 0.6) is 0 Å². The van der Waals surface area contributed by atoms with E-state index in [1.165, 1.54) is 0 Å². The van der Waals surface area contributed by atoms with Crippen molar-refractivity contribution in [2.24, 2.45) is 40.4 Å². The molecule has 4 fully saturated rings. The maximum absolute atomic E-state index is 13.0. The predicted octanol–water partition coefficient (Wildman–Crippen LogP) is -0.139. The Morgan fingerprint density at radius 2 is 1.69 bits per heavy atom. The number of Topliss-reactive ketones (excluding diaryl/α,β-unsaturated/α-hetero) is 2. The van der Waals surface area contributed by atoms with E-state index in [2.05, 4.69) is 13.8 Å². The maximum atomic E-state index is 13.0. The first-order valence-corrected chi connectivity index (χ1v) is 12.0. The minimum Gasteiger partial charge on any atom is -0.550 e. The molecule has 7 atom stereocenters. The van der Waals surface area contributed by atoms with E-state index < -0.39 is 11.9 Å². The van der Waals surface area contributed by atoms with Gasteiger partial charge in [0.1, 0.15) is 12.4 Å². The van der Waals surface area contributed by atoms with Crippen LogP contribution in [0.4, 0.5) is 0 Å². The van der Waals surface area contributed by atoms with Gasteiger partial charge in [-0.3, -0.25) is 14.4 Å². The molecule has 4 saturated carbocycles. The van der Waals surface area contributed by atoms with Crippen molar-refractivity contribution >= 4 is 23.5 Å². The number of carbonyl (C=O) groups is 4. The molecule has 0 aromatic rings. The third-order valence-electron chi connectivity index (χ3n) is 9.78. The van der Waals surface area contributed by atoms with E-state index in [9.17, 15) is 24.3 Å². The molecule has 4 aliphatic rings. The summed E-state index contributed by atoms with van der Waals surface area (Å²) in [5, 5.41) is 10.5. The first-order chi connectivity index (χ1) is 14.6. The minimum absolute atomic E-state index is 0. The average molecular weight is 455 g/mol. The monoisotopic (exact) mass is 454 g/mol. The zero-order chi connectivity index (χ0) is 22.4. The fourth-order valence-corrected chi connectivity index (χ4v) is 8.10. The molecule has 0 N–H and O–H groups in total. The van der Waals surface area contributed by atoms with Crippen molar-refractivity contribution in [3.8, 4) is 0 Å². The van der Waals surface area contributed by atoms with Gasteiger partial charge in [0.2, 0.25) is 0 Å². The van der Waals surface area contributed by atoms with Crippen LogP contribution < -0.4 is 34.7 Å². The standard InChI is InChI=1S/C25H36O6.Na/c1-24-11-9-16(26)13-15(24)3-4-17-18-5-6-20(25(18,2)12-10-19(17)24)21(27)14-31-23(30)8-7-22(28)29;/h15,17-20H,3-14H2,1-2H3,(H,28,29);/q;+1/p-1/t15-,17-,18?,19?,20+,24-,25-;/m0./s1. The van der Waals surface area contributed by atoms with Crippen LogP contribution >= 0.6 is 0 Å². The average Bonchev–Trinajstić information content (AvgIpc) is 3.08. The van der Waals surface area contributed by atoms with Crippen LogP contribution in [0.2, 0.25) is 0 Å². The molecular weight excluding hydrogens is 419 g/mol. The van der Waals surface area contributed by atoms with Crippen LogP contribution in [0.1, 0.15) is 84.5 Å². The van der Waals surface area contributed by atoms with Crippen LogP contribution in [-0.4, -0.2) is 30.1 Å². The van der Waals surface area contributed by atoms with Gasteiger partial charge in [-0.1, -0.05) is 13.8 Å². The van der Waals surface area contributed by atoms with Gasteiger partial charge in [-0.25, -0.2) is 0 Å². The molecule has 0 saturated heterocycles. The molecule has 2 unspecified atom stereocenters. The van der Waals surface area contributed by atoms with E-state index in [4.69, 9.17) is 4.74 Å². The van der Waals surface area contributed by atoms with Gasteiger partial charge >= 0.3 is 35.5 Å². The van der Waals surface area contributed by atoms with Gasteiger partial charge in [0.25, 0.3) is 0 Å². The molecule has 0 aromatic heterocycles. The van der Waals surface area contributed by atoms with Gasteiger partial charge < -0.3 is 14.6 Å². The third kappa shape index (κ3) is 4.61. The van der Waals surface area contributed by atoms with Crippen LogP contribution in [0, 0.1) is 40.4 Å². The summed E-state index contributed by atoms with van der Waals surface area (Å²) in [7, 11) is 0. The fraction of sp³-hybridized carbons (Fsp3) is 0.840. The van der Waals surface area contributed by atoms with Crippen molar-refractivity contribution in [3.63, 3.8) is 0 Å². The fourth-order valence-electron chi connectivity index (χ4n) is 8.10. The largest absolute Gasteiger partial charge is 1.00 e. The Balaban J connectivity index is 0.00000289. The van der Waals surface area contributed by atoms with Crippen LogP contribution in [0.25, 0.3) is 0 Å². The summed E-state index contributed by atoms with van der Waals surface area (Å²) in [5.74, 6) is 0.686. The van der Waals surface area contributed by atoms with Gasteiger partial charge in [-0.2, -0.15) is 0 Å². The Morgan fingerprint density at radius 1 is 0.969 bits per heavy atom.